The van der Waals surface area contributed by atoms with Crippen molar-refractivity contribution in [2.24, 2.45) is 4.99 Å². The molecular weight excluding hydrogens is 350 g/mol. The summed E-state index contributed by atoms with van der Waals surface area (Å²) in [6, 6.07) is 9.56. The van der Waals surface area contributed by atoms with Crippen molar-refractivity contribution in [1.82, 2.24) is 10.6 Å². The zero-order valence-electron chi connectivity index (χ0n) is 15.5. The molecule has 0 fully saturated rings. The quantitative estimate of drug-likeness (QED) is 0.552. The van der Waals surface area contributed by atoms with Crippen molar-refractivity contribution in [3.8, 4) is 0 Å². The van der Waals surface area contributed by atoms with Crippen molar-refractivity contribution in [3.63, 3.8) is 0 Å². The fourth-order valence-corrected chi connectivity index (χ4v) is 2.08. The van der Waals surface area contributed by atoms with Crippen LogP contribution in [0.25, 0.3) is 5.70 Å². The Bertz CT molecular complexity index is 514. The number of benzene rings is 1. The molecule has 0 unspecified atom stereocenters. The third-order valence-corrected chi connectivity index (χ3v) is 2.92. The molecule has 0 spiro atoms. The Morgan fingerprint density at radius 2 is 1.43 bits per heavy atom. The summed E-state index contributed by atoms with van der Waals surface area (Å²) in [7, 11) is 0. The Balaban J connectivity index is 0.00000484. The van der Waals surface area contributed by atoms with Gasteiger partial charge in [-0.15, -0.1) is 17.0 Å². The molecule has 0 aliphatic heterocycles. The Morgan fingerprint density at radius 3 is 1.87 bits per heavy atom. The number of hydrogen-bond acceptors (Lipinski definition) is 2. The van der Waals surface area contributed by atoms with Crippen molar-refractivity contribution < 1.29 is 0 Å². The molecule has 0 radical (unpaired) electrons. The number of halogens is 1. The summed E-state index contributed by atoms with van der Waals surface area (Å²) in [6.07, 6.45) is 2.12. The number of amidine groups is 1. The van der Waals surface area contributed by atoms with Gasteiger partial charge in [0.25, 0.3) is 0 Å². The maximum atomic E-state index is 4.70. The van der Waals surface area contributed by atoms with E-state index in [1.807, 2.05) is 0 Å². The van der Waals surface area contributed by atoms with E-state index < -0.39 is 0 Å². The molecule has 23 heavy (non-hydrogen) atoms. The molecule has 0 saturated heterocycles. The summed E-state index contributed by atoms with van der Waals surface area (Å²) in [5.74, 6) is 0.925. The standard InChI is InChI=1S/C19H31N3.BrH/c1-13(2)20-18(17-10-8-16(7)9-11-17)12-19(21-14(3)4)22-15(5)6;/h8-15,20H,1-7H3,(H,21,22);1H/b18-12-;. The Morgan fingerprint density at radius 1 is 0.913 bits per heavy atom. The van der Waals surface area contributed by atoms with Crippen LogP contribution in [0.2, 0.25) is 0 Å². The van der Waals surface area contributed by atoms with Gasteiger partial charge >= 0.3 is 0 Å². The average molecular weight is 382 g/mol. The van der Waals surface area contributed by atoms with Crippen molar-refractivity contribution in [2.45, 2.75) is 66.6 Å². The maximum absolute atomic E-state index is 4.70. The second kappa shape index (κ2) is 10.5. The lowest BCUT2D eigenvalue weighted by Crippen LogP contribution is -2.31. The van der Waals surface area contributed by atoms with Crippen LogP contribution < -0.4 is 10.6 Å². The van der Waals surface area contributed by atoms with Crippen molar-refractivity contribution in [3.05, 3.63) is 41.5 Å². The van der Waals surface area contributed by atoms with E-state index in [2.05, 4.69) is 89.4 Å². The molecule has 0 saturated carbocycles. The topological polar surface area (TPSA) is 36.4 Å². The molecule has 0 heterocycles. The van der Waals surface area contributed by atoms with E-state index in [1.54, 1.807) is 0 Å². The lowest BCUT2D eigenvalue weighted by molar-refractivity contribution is 0.711. The summed E-state index contributed by atoms with van der Waals surface area (Å²) in [4.78, 5) is 4.70. The Kier molecular flexibility index (Phi) is 9.89. The van der Waals surface area contributed by atoms with E-state index in [0.29, 0.717) is 12.1 Å². The van der Waals surface area contributed by atoms with Crippen molar-refractivity contribution >= 4 is 28.5 Å². The van der Waals surface area contributed by atoms with Gasteiger partial charge in [0.2, 0.25) is 0 Å². The lowest BCUT2D eigenvalue weighted by Gasteiger charge is -2.18. The van der Waals surface area contributed by atoms with Crippen molar-refractivity contribution in [2.75, 3.05) is 0 Å². The van der Waals surface area contributed by atoms with Crippen LogP contribution in [-0.2, 0) is 0 Å². The van der Waals surface area contributed by atoms with Gasteiger partial charge in [-0.2, -0.15) is 0 Å². The first-order chi connectivity index (χ1) is 10.3. The van der Waals surface area contributed by atoms with E-state index in [4.69, 9.17) is 4.99 Å². The molecule has 0 aromatic heterocycles. The molecule has 130 valence electrons. The first-order valence-electron chi connectivity index (χ1n) is 8.17. The minimum atomic E-state index is 0. The predicted molar refractivity (Wildman–Crippen MR) is 109 cm³/mol. The Labute approximate surface area is 152 Å². The maximum Gasteiger partial charge on any atom is 0.123 e. The van der Waals surface area contributed by atoms with Gasteiger partial charge in [0.05, 0.1) is 0 Å². The minimum Gasteiger partial charge on any atom is -0.382 e. The molecule has 0 aliphatic rings. The van der Waals surface area contributed by atoms with Crippen LogP contribution in [0, 0.1) is 6.92 Å². The van der Waals surface area contributed by atoms with Crippen LogP contribution in [0.4, 0.5) is 0 Å². The number of rotatable bonds is 6. The van der Waals surface area contributed by atoms with Crippen molar-refractivity contribution in [1.29, 1.82) is 0 Å². The van der Waals surface area contributed by atoms with Gasteiger partial charge in [0.1, 0.15) is 5.84 Å². The molecule has 0 aliphatic carbocycles. The zero-order valence-corrected chi connectivity index (χ0v) is 17.2. The summed E-state index contributed by atoms with van der Waals surface area (Å²) < 4.78 is 0. The molecule has 0 amide bonds. The highest BCUT2D eigenvalue weighted by Gasteiger charge is 2.07. The Hall–Kier alpha value is -1.29. The number of aliphatic imine (C=N–C) groups is 1. The first-order valence-corrected chi connectivity index (χ1v) is 8.17. The van der Waals surface area contributed by atoms with E-state index in [-0.39, 0.29) is 23.0 Å². The minimum absolute atomic E-state index is 0. The van der Waals surface area contributed by atoms with Crippen LogP contribution in [0.3, 0.4) is 0 Å². The molecule has 1 rings (SSSR count). The van der Waals surface area contributed by atoms with Crippen LogP contribution in [0.1, 0.15) is 52.7 Å². The highest BCUT2D eigenvalue weighted by Crippen LogP contribution is 2.14. The number of nitrogens with one attached hydrogen (secondary N) is 2. The number of nitrogens with zero attached hydrogens (tertiary/aromatic N) is 1. The number of aryl methyl sites for hydroxylation is 1. The molecule has 4 heteroatoms. The fraction of sp³-hybridized carbons (Fsp3) is 0.526. The van der Waals surface area contributed by atoms with E-state index >= 15 is 0 Å². The van der Waals surface area contributed by atoms with E-state index in [9.17, 15) is 0 Å². The third kappa shape index (κ3) is 8.80. The monoisotopic (exact) mass is 381 g/mol. The largest absolute Gasteiger partial charge is 0.382 e. The van der Waals surface area contributed by atoms with Gasteiger partial charge in [-0.05, 0) is 54.0 Å². The summed E-state index contributed by atoms with van der Waals surface area (Å²) in [5.41, 5.74) is 3.55. The van der Waals surface area contributed by atoms with Crippen LogP contribution in [0.5, 0.6) is 0 Å². The summed E-state index contributed by atoms with van der Waals surface area (Å²) >= 11 is 0. The molecule has 2 N–H and O–H groups in total. The van der Waals surface area contributed by atoms with Gasteiger partial charge in [-0.1, -0.05) is 29.8 Å². The van der Waals surface area contributed by atoms with Gasteiger partial charge < -0.3 is 10.6 Å². The predicted octanol–water partition coefficient (Wildman–Crippen LogP) is 4.72. The summed E-state index contributed by atoms with van der Waals surface area (Å²) in [6.45, 7) is 14.9. The second-order valence-corrected chi connectivity index (χ2v) is 6.63. The van der Waals surface area contributed by atoms with Gasteiger partial charge in [0.15, 0.2) is 0 Å². The highest BCUT2D eigenvalue weighted by atomic mass is 79.9. The highest BCUT2D eigenvalue weighted by molar-refractivity contribution is 8.93. The molecule has 1 aromatic rings. The molecule has 1 aromatic carbocycles. The summed E-state index contributed by atoms with van der Waals surface area (Å²) in [5, 5.41) is 6.96. The van der Waals surface area contributed by atoms with E-state index in [0.717, 1.165) is 11.5 Å². The zero-order chi connectivity index (χ0) is 16.7. The first kappa shape index (κ1) is 21.7. The normalized spacial score (nSPS) is 12.6. The third-order valence-electron chi connectivity index (χ3n) is 2.92. The lowest BCUT2D eigenvalue weighted by atomic mass is 10.1. The number of hydrogen-bond donors (Lipinski definition) is 2. The van der Waals surface area contributed by atoms with Gasteiger partial charge in [-0.25, -0.2) is 0 Å². The average Bonchev–Trinajstić information content (AvgIpc) is 2.36. The second-order valence-electron chi connectivity index (χ2n) is 6.63. The smallest absolute Gasteiger partial charge is 0.123 e. The van der Waals surface area contributed by atoms with Crippen LogP contribution >= 0.6 is 17.0 Å². The van der Waals surface area contributed by atoms with Gasteiger partial charge in [-0.3, -0.25) is 4.99 Å². The fourth-order valence-electron chi connectivity index (χ4n) is 2.08. The molecule has 3 nitrogen and oxygen atoms in total. The van der Waals surface area contributed by atoms with Crippen LogP contribution in [-0.4, -0.2) is 24.0 Å². The molecule has 0 bridgehead atoms. The molecule has 0 atom stereocenters. The van der Waals surface area contributed by atoms with Crippen LogP contribution in [0.15, 0.2) is 35.3 Å². The SMILES string of the molecule is Br.Cc1ccc(/C(=C/C(=NC(C)C)NC(C)C)NC(C)C)cc1. The molecular formula is C19H32BrN3. The van der Waals surface area contributed by atoms with E-state index in [1.165, 1.54) is 11.1 Å². The van der Waals surface area contributed by atoms with Gasteiger partial charge in [0, 0.05) is 29.9 Å².